The summed E-state index contributed by atoms with van der Waals surface area (Å²) >= 11 is 5.58. The lowest BCUT2D eigenvalue weighted by Gasteiger charge is -2.04. The Bertz CT molecular complexity index is 502. The maximum atomic E-state index is 12.0. The van der Waals surface area contributed by atoms with Gasteiger partial charge in [0.15, 0.2) is 0 Å². The predicted octanol–water partition coefficient (Wildman–Crippen LogP) is 3.68. The number of rotatable bonds is 4. The summed E-state index contributed by atoms with van der Waals surface area (Å²) in [6, 6.07) is 6.12. The molecule has 0 radical (unpaired) electrons. The SMILES string of the molecule is FC(F)Oc1cccc(-c2nc(CCl)co2)c1. The molecule has 0 aliphatic heterocycles. The van der Waals surface area contributed by atoms with E-state index in [2.05, 4.69) is 9.72 Å². The minimum Gasteiger partial charge on any atom is -0.444 e. The minimum atomic E-state index is -2.85. The standard InChI is InChI=1S/C11H8ClF2NO2/c12-5-8-6-16-10(15-8)7-2-1-3-9(4-7)17-11(13)14/h1-4,6,11H,5H2. The van der Waals surface area contributed by atoms with E-state index in [1.807, 2.05) is 0 Å². The third-order valence-corrected chi connectivity index (χ3v) is 2.27. The first kappa shape index (κ1) is 11.9. The van der Waals surface area contributed by atoms with E-state index in [0.717, 1.165) is 0 Å². The molecule has 2 aromatic rings. The van der Waals surface area contributed by atoms with E-state index in [1.54, 1.807) is 12.1 Å². The number of halogens is 3. The van der Waals surface area contributed by atoms with Crippen molar-refractivity contribution in [3.05, 3.63) is 36.2 Å². The number of aromatic nitrogens is 1. The van der Waals surface area contributed by atoms with Crippen molar-refractivity contribution in [1.82, 2.24) is 4.98 Å². The Balaban J connectivity index is 2.26. The topological polar surface area (TPSA) is 35.3 Å². The molecule has 17 heavy (non-hydrogen) atoms. The first-order chi connectivity index (χ1) is 8.19. The fourth-order valence-electron chi connectivity index (χ4n) is 1.31. The molecule has 1 heterocycles. The average Bonchev–Trinajstić information content (AvgIpc) is 2.77. The smallest absolute Gasteiger partial charge is 0.387 e. The molecule has 1 aromatic carbocycles. The molecular formula is C11H8ClF2NO2. The van der Waals surface area contributed by atoms with Gasteiger partial charge in [0.25, 0.3) is 0 Å². The van der Waals surface area contributed by atoms with E-state index in [-0.39, 0.29) is 11.6 Å². The van der Waals surface area contributed by atoms with Gasteiger partial charge in [-0.1, -0.05) is 6.07 Å². The summed E-state index contributed by atoms with van der Waals surface area (Å²) < 4.78 is 33.5. The van der Waals surface area contributed by atoms with Crippen LogP contribution in [0.2, 0.25) is 0 Å². The summed E-state index contributed by atoms with van der Waals surface area (Å²) in [5.74, 6) is 0.611. The van der Waals surface area contributed by atoms with Gasteiger partial charge in [0.1, 0.15) is 12.0 Å². The molecular weight excluding hydrogens is 252 g/mol. The van der Waals surface area contributed by atoms with Crippen LogP contribution in [0.15, 0.2) is 34.9 Å². The number of hydrogen-bond donors (Lipinski definition) is 0. The molecule has 1 aromatic heterocycles. The van der Waals surface area contributed by atoms with E-state index >= 15 is 0 Å². The van der Waals surface area contributed by atoms with Gasteiger partial charge in [-0.05, 0) is 18.2 Å². The molecule has 0 aliphatic rings. The van der Waals surface area contributed by atoms with Crippen LogP contribution in [-0.2, 0) is 5.88 Å². The van der Waals surface area contributed by atoms with Crippen LogP contribution in [0.25, 0.3) is 11.5 Å². The van der Waals surface area contributed by atoms with E-state index in [9.17, 15) is 8.78 Å². The lowest BCUT2D eigenvalue weighted by Crippen LogP contribution is -2.01. The van der Waals surface area contributed by atoms with E-state index < -0.39 is 6.61 Å². The number of oxazole rings is 1. The molecule has 3 nitrogen and oxygen atoms in total. The highest BCUT2D eigenvalue weighted by atomic mass is 35.5. The van der Waals surface area contributed by atoms with Crippen molar-refractivity contribution in [2.45, 2.75) is 12.5 Å². The highest BCUT2D eigenvalue weighted by molar-refractivity contribution is 6.16. The van der Waals surface area contributed by atoms with Crippen LogP contribution in [0.5, 0.6) is 5.75 Å². The first-order valence-electron chi connectivity index (χ1n) is 4.74. The molecule has 0 amide bonds. The molecule has 0 bridgehead atoms. The molecule has 0 atom stereocenters. The minimum absolute atomic E-state index is 0.0584. The van der Waals surface area contributed by atoms with Crippen LogP contribution in [0.1, 0.15) is 5.69 Å². The summed E-state index contributed by atoms with van der Waals surface area (Å²) in [5.41, 5.74) is 1.14. The summed E-state index contributed by atoms with van der Waals surface area (Å²) in [4.78, 5) is 4.08. The van der Waals surface area contributed by atoms with E-state index in [4.69, 9.17) is 16.0 Å². The summed E-state index contributed by atoms with van der Waals surface area (Å²) in [7, 11) is 0. The zero-order valence-electron chi connectivity index (χ0n) is 8.57. The first-order valence-corrected chi connectivity index (χ1v) is 5.28. The lowest BCUT2D eigenvalue weighted by atomic mass is 10.2. The fourth-order valence-corrected chi connectivity index (χ4v) is 1.43. The van der Waals surface area contributed by atoms with Gasteiger partial charge in [-0.3, -0.25) is 0 Å². The van der Waals surface area contributed by atoms with Gasteiger partial charge in [0.2, 0.25) is 5.89 Å². The Morgan fingerprint density at radius 3 is 2.88 bits per heavy atom. The Morgan fingerprint density at radius 1 is 1.41 bits per heavy atom. The van der Waals surface area contributed by atoms with Gasteiger partial charge in [-0.25, -0.2) is 4.98 Å². The predicted molar refractivity (Wildman–Crippen MR) is 58.1 cm³/mol. The van der Waals surface area contributed by atoms with Crippen LogP contribution in [0, 0.1) is 0 Å². The average molecular weight is 260 g/mol. The molecule has 0 fully saturated rings. The second kappa shape index (κ2) is 5.14. The van der Waals surface area contributed by atoms with Gasteiger partial charge in [0.05, 0.1) is 11.6 Å². The second-order valence-electron chi connectivity index (χ2n) is 3.18. The van der Waals surface area contributed by atoms with Crippen molar-refractivity contribution < 1.29 is 17.9 Å². The van der Waals surface area contributed by atoms with E-state index in [0.29, 0.717) is 17.1 Å². The maximum absolute atomic E-state index is 12.0. The molecule has 0 aliphatic carbocycles. The molecule has 90 valence electrons. The zero-order valence-corrected chi connectivity index (χ0v) is 9.32. The van der Waals surface area contributed by atoms with Crippen molar-refractivity contribution >= 4 is 11.6 Å². The molecule has 0 saturated heterocycles. The lowest BCUT2D eigenvalue weighted by molar-refractivity contribution is -0.0498. The van der Waals surface area contributed by atoms with Gasteiger partial charge in [-0.15, -0.1) is 11.6 Å². The molecule has 0 spiro atoms. The normalized spacial score (nSPS) is 10.8. The Hall–Kier alpha value is -1.62. The quantitative estimate of drug-likeness (QED) is 0.786. The number of hydrogen-bond acceptors (Lipinski definition) is 3. The monoisotopic (exact) mass is 259 g/mol. The molecule has 0 N–H and O–H groups in total. The number of ether oxygens (including phenoxy) is 1. The molecule has 0 saturated carbocycles. The van der Waals surface area contributed by atoms with Gasteiger partial charge < -0.3 is 9.15 Å². The summed E-state index contributed by atoms with van der Waals surface area (Å²) in [6.45, 7) is -2.85. The fraction of sp³-hybridized carbons (Fsp3) is 0.182. The summed E-state index contributed by atoms with van der Waals surface area (Å²) in [6.07, 6.45) is 1.42. The van der Waals surface area contributed by atoms with Crippen molar-refractivity contribution in [3.8, 4) is 17.2 Å². The highest BCUT2D eigenvalue weighted by Crippen LogP contribution is 2.24. The van der Waals surface area contributed by atoms with Crippen LogP contribution < -0.4 is 4.74 Å². The summed E-state index contributed by atoms with van der Waals surface area (Å²) in [5, 5.41) is 0. The second-order valence-corrected chi connectivity index (χ2v) is 3.45. The number of nitrogens with zero attached hydrogens (tertiary/aromatic N) is 1. The largest absolute Gasteiger partial charge is 0.444 e. The van der Waals surface area contributed by atoms with Crippen molar-refractivity contribution in [2.24, 2.45) is 0 Å². The van der Waals surface area contributed by atoms with Crippen molar-refractivity contribution in [2.75, 3.05) is 0 Å². The Labute approximate surface area is 101 Å². The Kier molecular flexibility index (Phi) is 3.58. The molecule has 2 rings (SSSR count). The zero-order chi connectivity index (χ0) is 12.3. The van der Waals surface area contributed by atoms with Crippen molar-refractivity contribution in [3.63, 3.8) is 0 Å². The number of benzene rings is 1. The van der Waals surface area contributed by atoms with E-state index in [1.165, 1.54) is 18.4 Å². The third kappa shape index (κ3) is 2.94. The number of alkyl halides is 3. The maximum Gasteiger partial charge on any atom is 0.387 e. The van der Waals surface area contributed by atoms with Crippen LogP contribution >= 0.6 is 11.6 Å². The van der Waals surface area contributed by atoms with Gasteiger partial charge in [0, 0.05) is 5.56 Å². The van der Waals surface area contributed by atoms with Crippen LogP contribution in [-0.4, -0.2) is 11.6 Å². The molecule has 6 heteroatoms. The highest BCUT2D eigenvalue weighted by Gasteiger charge is 2.09. The van der Waals surface area contributed by atoms with Gasteiger partial charge >= 0.3 is 6.61 Å². The van der Waals surface area contributed by atoms with Crippen LogP contribution in [0.3, 0.4) is 0 Å². The molecule has 0 unspecified atom stereocenters. The van der Waals surface area contributed by atoms with Crippen LogP contribution in [0.4, 0.5) is 8.78 Å². The Morgan fingerprint density at radius 2 is 2.24 bits per heavy atom. The van der Waals surface area contributed by atoms with Crippen molar-refractivity contribution in [1.29, 1.82) is 0 Å². The van der Waals surface area contributed by atoms with Gasteiger partial charge in [-0.2, -0.15) is 8.78 Å². The third-order valence-electron chi connectivity index (χ3n) is 1.99.